The fraction of sp³-hybridized carbons (Fsp3) is 0.150. The minimum atomic E-state index is -3.89. The Morgan fingerprint density at radius 2 is 1.85 bits per heavy atom. The summed E-state index contributed by atoms with van der Waals surface area (Å²) in [7, 11) is -2.35. The van der Waals surface area contributed by atoms with Crippen molar-refractivity contribution in [1.82, 2.24) is 4.98 Å². The number of hydrogen-bond donors (Lipinski definition) is 0. The van der Waals surface area contributed by atoms with E-state index >= 15 is 0 Å². The van der Waals surface area contributed by atoms with Crippen LogP contribution in [0.15, 0.2) is 71.9 Å². The van der Waals surface area contributed by atoms with Gasteiger partial charge in [0.2, 0.25) is 0 Å². The molecule has 2 aromatic carbocycles. The van der Waals surface area contributed by atoms with Gasteiger partial charge in [0, 0.05) is 12.4 Å². The molecule has 0 amide bonds. The average Bonchev–Trinajstić information content (AvgIpc) is 2.67. The third kappa shape index (κ3) is 4.09. The summed E-state index contributed by atoms with van der Waals surface area (Å²) in [5, 5.41) is 0. The molecule has 0 fully saturated rings. The molecule has 5 nitrogen and oxygen atoms in total. The second-order valence-corrected chi connectivity index (χ2v) is 7.84. The number of rotatable bonds is 6. The van der Waals surface area contributed by atoms with E-state index in [0.717, 1.165) is 5.56 Å². The van der Waals surface area contributed by atoms with E-state index in [1.807, 2.05) is 0 Å². The summed E-state index contributed by atoms with van der Waals surface area (Å²) in [4.78, 5) is 4.17. The molecular formula is C20H19FN2O3S. The predicted molar refractivity (Wildman–Crippen MR) is 102 cm³/mol. The third-order valence-corrected chi connectivity index (χ3v) is 5.89. The Morgan fingerprint density at radius 1 is 1.11 bits per heavy atom. The molecule has 3 aromatic rings. The number of benzene rings is 2. The number of sulfonamides is 1. The number of pyridine rings is 1. The van der Waals surface area contributed by atoms with Gasteiger partial charge in [0.05, 0.1) is 24.2 Å². The number of methoxy groups -OCH3 is 1. The summed E-state index contributed by atoms with van der Waals surface area (Å²) in [6.07, 6.45) is 3.22. The molecule has 0 bridgehead atoms. The van der Waals surface area contributed by atoms with Crippen molar-refractivity contribution in [2.24, 2.45) is 0 Å². The molecule has 1 heterocycles. The van der Waals surface area contributed by atoms with E-state index in [-0.39, 0.29) is 11.4 Å². The largest absolute Gasteiger partial charge is 0.496 e. The van der Waals surface area contributed by atoms with Gasteiger partial charge in [0.25, 0.3) is 10.0 Å². The molecule has 0 N–H and O–H groups in total. The van der Waals surface area contributed by atoms with Gasteiger partial charge in [0.1, 0.15) is 11.6 Å². The molecule has 0 spiro atoms. The van der Waals surface area contributed by atoms with Crippen LogP contribution in [0.25, 0.3) is 0 Å². The molecule has 140 valence electrons. The molecule has 0 aliphatic carbocycles. The highest BCUT2D eigenvalue weighted by atomic mass is 32.2. The zero-order chi connectivity index (χ0) is 19.4. The lowest BCUT2D eigenvalue weighted by atomic mass is 10.2. The molecule has 7 heteroatoms. The zero-order valence-electron chi connectivity index (χ0n) is 15.0. The van der Waals surface area contributed by atoms with E-state index in [4.69, 9.17) is 4.74 Å². The molecule has 0 unspecified atom stereocenters. The van der Waals surface area contributed by atoms with Crippen LogP contribution in [-0.2, 0) is 16.6 Å². The van der Waals surface area contributed by atoms with E-state index in [0.29, 0.717) is 17.0 Å². The van der Waals surface area contributed by atoms with Gasteiger partial charge >= 0.3 is 0 Å². The fourth-order valence-corrected chi connectivity index (χ4v) is 4.26. The topological polar surface area (TPSA) is 59.5 Å². The molecule has 0 atom stereocenters. The van der Waals surface area contributed by atoms with E-state index in [1.54, 1.807) is 43.6 Å². The smallest absolute Gasteiger partial charge is 0.264 e. The van der Waals surface area contributed by atoms with E-state index < -0.39 is 15.8 Å². The Morgan fingerprint density at radius 3 is 2.44 bits per heavy atom. The van der Waals surface area contributed by atoms with Gasteiger partial charge in [-0.1, -0.05) is 6.07 Å². The van der Waals surface area contributed by atoms with Crippen molar-refractivity contribution in [3.8, 4) is 5.75 Å². The van der Waals surface area contributed by atoms with Crippen molar-refractivity contribution in [2.75, 3.05) is 11.4 Å². The van der Waals surface area contributed by atoms with Crippen molar-refractivity contribution >= 4 is 15.7 Å². The van der Waals surface area contributed by atoms with Crippen molar-refractivity contribution < 1.29 is 17.5 Å². The van der Waals surface area contributed by atoms with Crippen LogP contribution in [0.4, 0.5) is 10.1 Å². The maximum absolute atomic E-state index is 13.3. The summed E-state index contributed by atoms with van der Waals surface area (Å²) in [5.74, 6) is 0.173. The standard InChI is InChI=1S/C20H19FN2O3S/c1-15-12-19(9-10-20(15)26-2)27(24,25)23(14-16-4-3-11-22-13-16)18-7-5-17(21)6-8-18/h3-13H,14H2,1-2H3. The first-order valence-electron chi connectivity index (χ1n) is 8.23. The highest BCUT2D eigenvalue weighted by Gasteiger charge is 2.26. The predicted octanol–water partition coefficient (Wildman–Crippen LogP) is 3.93. The second-order valence-electron chi connectivity index (χ2n) is 5.98. The van der Waals surface area contributed by atoms with Gasteiger partial charge in [-0.05, 0) is 66.6 Å². The molecule has 3 rings (SSSR count). The number of halogens is 1. The van der Waals surface area contributed by atoms with Crippen LogP contribution in [0.5, 0.6) is 5.75 Å². The van der Waals surface area contributed by atoms with Gasteiger partial charge in [-0.3, -0.25) is 9.29 Å². The molecule has 0 saturated carbocycles. The van der Waals surface area contributed by atoms with Crippen LogP contribution in [0.1, 0.15) is 11.1 Å². The maximum atomic E-state index is 13.3. The first-order valence-corrected chi connectivity index (χ1v) is 9.67. The van der Waals surface area contributed by atoms with Crippen LogP contribution in [0, 0.1) is 12.7 Å². The number of anilines is 1. The van der Waals surface area contributed by atoms with Crippen molar-refractivity contribution in [3.63, 3.8) is 0 Å². The number of hydrogen-bond acceptors (Lipinski definition) is 4. The lowest BCUT2D eigenvalue weighted by Gasteiger charge is -2.25. The maximum Gasteiger partial charge on any atom is 0.264 e. The highest BCUT2D eigenvalue weighted by molar-refractivity contribution is 7.92. The molecule has 1 aromatic heterocycles. The monoisotopic (exact) mass is 386 g/mol. The Kier molecular flexibility index (Phi) is 5.41. The molecule has 0 aliphatic rings. The average molecular weight is 386 g/mol. The normalized spacial score (nSPS) is 11.2. The van der Waals surface area contributed by atoms with Crippen molar-refractivity contribution in [2.45, 2.75) is 18.4 Å². The van der Waals surface area contributed by atoms with Gasteiger partial charge in [-0.15, -0.1) is 0 Å². The van der Waals surface area contributed by atoms with Crippen LogP contribution >= 0.6 is 0 Å². The molecule has 0 saturated heterocycles. The molecule has 0 radical (unpaired) electrons. The van der Waals surface area contributed by atoms with E-state index in [1.165, 1.54) is 41.7 Å². The van der Waals surface area contributed by atoms with Gasteiger partial charge in [0.15, 0.2) is 0 Å². The summed E-state index contributed by atoms with van der Waals surface area (Å²) >= 11 is 0. The number of ether oxygens (including phenoxy) is 1. The van der Waals surface area contributed by atoms with Crippen LogP contribution in [-0.4, -0.2) is 20.5 Å². The Bertz CT molecular complexity index is 1020. The minimum Gasteiger partial charge on any atom is -0.496 e. The SMILES string of the molecule is COc1ccc(S(=O)(=O)N(Cc2cccnc2)c2ccc(F)cc2)cc1C. The summed E-state index contributed by atoms with van der Waals surface area (Å²) in [5.41, 5.74) is 1.79. The second kappa shape index (κ2) is 7.75. The van der Waals surface area contributed by atoms with Crippen LogP contribution < -0.4 is 9.04 Å². The summed E-state index contributed by atoms with van der Waals surface area (Å²) in [6.45, 7) is 1.86. The highest BCUT2D eigenvalue weighted by Crippen LogP contribution is 2.28. The molecular weight excluding hydrogens is 367 g/mol. The minimum absolute atomic E-state index is 0.0763. The number of aromatic nitrogens is 1. The van der Waals surface area contributed by atoms with Crippen molar-refractivity contribution in [1.29, 1.82) is 0 Å². The molecule has 0 aliphatic heterocycles. The fourth-order valence-electron chi connectivity index (χ4n) is 2.72. The number of aryl methyl sites for hydroxylation is 1. The Labute approximate surface area is 158 Å². The number of nitrogens with zero attached hydrogens (tertiary/aromatic N) is 2. The Balaban J connectivity index is 2.07. The van der Waals surface area contributed by atoms with Gasteiger partial charge in [-0.2, -0.15) is 0 Å². The Hall–Kier alpha value is -2.93. The summed E-state index contributed by atoms with van der Waals surface area (Å²) in [6, 6.07) is 13.6. The quantitative estimate of drug-likeness (QED) is 0.644. The first kappa shape index (κ1) is 18.8. The van der Waals surface area contributed by atoms with Gasteiger partial charge < -0.3 is 4.74 Å². The van der Waals surface area contributed by atoms with Crippen molar-refractivity contribution in [3.05, 3.63) is 83.9 Å². The lowest BCUT2D eigenvalue weighted by molar-refractivity contribution is 0.411. The van der Waals surface area contributed by atoms with Gasteiger partial charge in [-0.25, -0.2) is 12.8 Å². The van der Waals surface area contributed by atoms with Crippen LogP contribution in [0.2, 0.25) is 0 Å². The molecule has 27 heavy (non-hydrogen) atoms. The van der Waals surface area contributed by atoms with Crippen LogP contribution in [0.3, 0.4) is 0 Å². The zero-order valence-corrected chi connectivity index (χ0v) is 15.8. The first-order chi connectivity index (χ1) is 12.9. The summed E-state index contributed by atoms with van der Waals surface area (Å²) < 4.78 is 46.5. The van der Waals surface area contributed by atoms with E-state index in [2.05, 4.69) is 4.98 Å². The lowest BCUT2D eigenvalue weighted by Crippen LogP contribution is -2.30. The third-order valence-electron chi connectivity index (χ3n) is 4.12. The van der Waals surface area contributed by atoms with E-state index in [9.17, 15) is 12.8 Å².